The van der Waals surface area contributed by atoms with Crippen molar-refractivity contribution in [3.05, 3.63) is 78.9 Å². The van der Waals surface area contributed by atoms with Crippen LogP contribution < -0.4 is 10.9 Å². The maximum atomic E-state index is 6.20. The maximum Gasteiger partial charge on any atom is 0.227 e. The molecule has 0 amide bonds. The molecule has 1 heterocycles. The van der Waals surface area contributed by atoms with E-state index in [0.717, 1.165) is 22.5 Å². The molecule has 0 fully saturated rings. The zero-order valence-electron chi connectivity index (χ0n) is 12.4. The van der Waals surface area contributed by atoms with Crippen LogP contribution in [0.15, 0.2) is 83.3 Å². The lowest BCUT2D eigenvalue weighted by Gasteiger charge is -2.18. The van der Waals surface area contributed by atoms with Crippen molar-refractivity contribution < 1.29 is 4.42 Å². The average Bonchev–Trinajstić information content (AvgIpc) is 3.06. The van der Waals surface area contributed by atoms with Gasteiger partial charge in [-0.25, -0.2) is 10.8 Å². The molecule has 0 aliphatic heterocycles. The number of oxazole rings is 1. The Bertz CT molecular complexity index is 933. The van der Waals surface area contributed by atoms with Crippen molar-refractivity contribution in [2.24, 2.45) is 5.84 Å². The summed E-state index contributed by atoms with van der Waals surface area (Å²) in [6, 6.07) is 25.4. The van der Waals surface area contributed by atoms with Gasteiger partial charge in [-0.3, -0.25) is 5.01 Å². The number of nitrogens with zero attached hydrogens (tertiary/aromatic N) is 2. The summed E-state index contributed by atoms with van der Waals surface area (Å²) in [5, 5.41) is 1.63. The summed E-state index contributed by atoms with van der Waals surface area (Å²) in [6.07, 6.45) is 0. The van der Waals surface area contributed by atoms with Crippen LogP contribution in [-0.4, -0.2) is 4.98 Å². The van der Waals surface area contributed by atoms with Crippen LogP contribution >= 0.6 is 0 Å². The molecular weight excluding hydrogens is 286 g/mol. The number of aromatic nitrogens is 1. The quantitative estimate of drug-likeness (QED) is 0.447. The highest BCUT2D eigenvalue weighted by molar-refractivity contribution is 5.81. The minimum absolute atomic E-state index is 0.612. The molecule has 0 spiro atoms. The lowest BCUT2D eigenvalue weighted by atomic mass is 10.2. The third-order valence-electron chi connectivity index (χ3n) is 3.71. The predicted molar refractivity (Wildman–Crippen MR) is 92.2 cm³/mol. The molecule has 4 nitrogen and oxygen atoms in total. The Hall–Kier alpha value is -3.11. The van der Waals surface area contributed by atoms with E-state index in [4.69, 9.17) is 10.3 Å². The van der Waals surface area contributed by atoms with E-state index < -0.39 is 0 Å². The SMILES string of the molecule is NN(c1ccccc1)c1ccc2nc(-c3ccccc3)oc2c1. The van der Waals surface area contributed by atoms with Gasteiger partial charge in [0.1, 0.15) is 5.52 Å². The number of hydrazine groups is 1. The fourth-order valence-electron chi connectivity index (χ4n) is 2.51. The molecule has 0 aliphatic rings. The number of hydrogen-bond acceptors (Lipinski definition) is 4. The lowest BCUT2D eigenvalue weighted by molar-refractivity contribution is 0.620. The standard InChI is InChI=1S/C19H15N3O/c20-22(15-9-5-2-6-10-15)16-11-12-17-18(13-16)23-19(21-17)14-7-3-1-4-8-14/h1-13H,20H2. The van der Waals surface area contributed by atoms with Gasteiger partial charge in [0.05, 0.1) is 11.4 Å². The van der Waals surface area contributed by atoms with Crippen molar-refractivity contribution in [3.8, 4) is 11.5 Å². The van der Waals surface area contributed by atoms with E-state index in [2.05, 4.69) is 4.98 Å². The highest BCUT2D eigenvalue weighted by Gasteiger charge is 2.11. The molecule has 1 aromatic heterocycles. The van der Waals surface area contributed by atoms with Crippen molar-refractivity contribution >= 4 is 22.5 Å². The first-order chi connectivity index (χ1) is 11.3. The van der Waals surface area contributed by atoms with Crippen molar-refractivity contribution in [2.45, 2.75) is 0 Å². The zero-order valence-corrected chi connectivity index (χ0v) is 12.4. The fraction of sp³-hybridized carbons (Fsp3) is 0. The van der Waals surface area contributed by atoms with Crippen LogP contribution in [0.4, 0.5) is 11.4 Å². The van der Waals surface area contributed by atoms with Crippen molar-refractivity contribution in [2.75, 3.05) is 5.01 Å². The second-order valence-electron chi connectivity index (χ2n) is 5.24. The molecule has 0 atom stereocenters. The maximum absolute atomic E-state index is 6.20. The topological polar surface area (TPSA) is 55.3 Å². The smallest absolute Gasteiger partial charge is 0.227 e. The van der Waals surface area contributed by atoms with Crippen LogP contribution in [-0.2, 0) is 0 Å². The summed E-state index contributed by atoms with van der Waals surface area (Å²) in [7, 11) is 0. The Kier molecular flexibility index (Phi) is 3.29. The van der Waals surface area contributed by atoms with Crippen LogP contribution in [0, 0.1) is 0 Å². The van der Waals surface area contributed by atoms with Gasteiger partial charge in [-0.15, -0.1) is 0 Å². The monoisotopic (exact) mass is 301 g/mol. The molecular formula is C19H15N3O. The summed E-state index contributed by atoms with van der Waals surface area (Å²) in [5.41, 5.74) is 4.24. The van der Waals surface area contributed by atoms with Gasteiger partial charge in [-0.05, 0) is 36.4 Å². The molecule has 3 aromatic carbocycles. The zero-order chi connectivity index (χ0) is 15.6. The van der Waals surface area contributed by atoms with Crippen LogP contribution in [0.3, 0.4) is 0 Å². The van der Waals surface area contributed by atoms with E-state index in [1.165, 1.54) is 0 Å². The van der Waals surface area contributed by atoms with E-state index >= 15 is 0 Å². The number of fused-ring (bicyclic) bond motifs is 1. The fourth-order valence-corrected chi connectivity index (χ4v) is 2.51. The van der Waals surface area contributed by atoms with Gasteiger partial charge in [-0.1, -0.05) is 36.4 Å². The number of benzene rings is 3. The number of para-hydroxylation sites is 1. The highest BCUT2D eigenvalue weighted by atomic mass is 16.3. The van der Waals surface area contributed by atoms with Gasteiger partial charge in [0.15, 0.2) is 5.58 Å². The van der Waals surface area contributed by atoms with Gasteiger partial charge in [-0.2, -0.15) is 0 Å². The minimum Gasteiger partial charge on any atom is -0.436 e. The highest BCUT2D eigenvalue weighted by Crippen LogP contribution is 2.29. The van der Waals surface area contributed by atoms with Crippen LogP contribution in [0.5, 0.6) is 0 Å². The molecule has 0 radical (unpaired) electrons. The van der Waals surface area contributed by atoms with Crippen molar-refractivity contribution in [1.82, 2.24) is 4.98 Å². The second kappa shape index (κ2) is 5.59. The summed E-state index contributed by atoms with van der Waals surface area (Å²) in [5.74, 6) is 6.81. The average molecular weight is 301 g/mol. The first-order valence-corrected chi connectivity index (χ1v) is 7.37. The Labute approximate surface area is 133 Å². The van der Waals surface area contributed by atoms with E-state index in [9.17, 15) is 0 Å². The predicted octanol–water partition coefficient (Wildman–Crippen LogP) is 4.51. The molecule has 0 saturated heterocycles. The van der Waals surface area contributed by atoms with Gasteiger partial charge in [0.25, 0.3) is 0 Å². The van der Waals surface area contributed by atoms with Crippen LogP contribution in [0.1, 0.15) is 0 Å². The van der Waals surface area contributed by atoms with E-state index in [1.54, 1.807) is 5.01 Å². The molecule has 0 saturated carbocycles. The summed E-state index contributed by atoms with van der Waals surface area (Å²) in [4.78, 5) is 4.53. The Morgan fingerprint density at radius 3 is 2.22 bits per heavy atom. The van der Waals surface area contributed by atoms with E-state index in [1.807, 2.05) is 78.9 Å². The first kappa shape index (κ1) is 13.5. The Balaban J connectivity index is 1.74. The van der Waals surface area contributed by atoms with E-state index in [-0.39, 0.29) is 0 Å². The molecule has 0 unspecified atom stereocenters. The number of nitrogens with two attached hydrogens (primary N) is 1. The van der Waals surface area contributed by atoms with E-state index in [0.29, 0.717) is 11.5 Å². The summed E-state index contributed by atoms with van der Waals surface area (Å²) in [6.45, 7) is 0. The number of anilines is 2. The number of rotatable bonds is 3. The molecule has 4 aromatic rings. The Morgan fingerprint density at radius 2 is 1.48 bits per heavy atom. The molecule has 112 valence electrons. The molecule has 23 heavy (non-hydrogen) atoms. The van der Waals surface area contributed by atoms with Crippen molar-refractivity contribution in [1.29, 1.82) is 0 Å². The third kappa shape index (κ3) is 2.56. The third-order valence-corrected chi connectivity index (χ3v) is 3.71. The van der Waals surface area contributed by atoms with Crippen LogP contribution in [0.2, 0.25) is 0 Å². The van der Waals surface area contributed by atoms with Gasteiger partial charge >= 0.3 is 0 Å². The molecule has 2 N–H and O–H groups in total. The summed E-state index contributed by atoms with van der Waals surface area (Å²) < 4.78 is 5.89. The molecule has 4 heteroatoms. The van der Waals surface area contributed by atoms with Gasteiger partial charge < -0.3 is 4.42 Å². The summed E-state index contributed by atoms with van der Waals surface area (Å²) >= 11 is 0. The molecule has 0 bridgehead atoms. The second-order valence-corrected chi connectivity index (χ2v) is 5.24. The number of hydrogen-bond donors (Lipinski definition) is 1. The minimum atomic E-state index is 0.612. The largest absolute Gasteiger partial charge is 0.436 e. The Morgan fingerprint density at radius 1 is 0.783 bits per heavy atom. The van der Waals surface area contributed by atoms with Crippen molar-refractivity contribution in [3.63, 3.8) is 0 Å². The molecule has 0 aliphatic carbocycles. The molecule has 4 rings (SSSR count). The normalized spacial score (nSPS) is 10.8. The lowest BCUT2D eigenvalue weighted by Crippen LogP contribution is -2.24. The van der Waals surface area contributed by atoms with Crippen LogP contribution in [0.25, 0.3) is 22.6 Å². The first-order valence-electron chi connectivity index (χ1n) is 7.37. The van der Waals surface area contributed by atoms with Gasteiger partial charge in [0, 0.05) is 11.6 Å². The van der Waals surface area contributed by atoms with Gasteiger partial charge in [0.2, 0.25) is 5.89 Å².